The van der Waals surface area contributed by atoms with Gasteiger partial charge in [0.2, 0.25) is 5.13 Å². The van der Waals surface area contributed by atoms with Crippen LogP contribution in [0, 0.1) is 5.92 Å². The summed E-state index contributed by atoms with van der Waals surface area (Å²) in [5.74, 6) is 0.288. The summed E-state index contributed by atoms with van der Waals surface area (Å²) in [6.07, 6.45) is 1.37. The van der Waals surface area contributed by atoms with Gasteiger partial charge in [-0.2, -0.15) is 11.3 Å². The monoisotopic (exact) mass is 338 g/mol. The number of amides is 2. The van der Waals surface area contributed by atoms with Crippen LogP contribution in [0.4, 0.5) is 9.93 Å². The lowest BCUT2D eigenvalue weighted by atomic mass is 9.92. The van der Waals surface area contributed by atoms with Gasteiger partial charge in [-0.1, -0.05) is 11.3 Å². The van der Waals surface area contributed by atoms with Crippen molar-refractivity contribution < 1.29 is 9.90 Å². The van der Waals surface area contributed by atoms with Crippen molar-refractivity contribution in [3.8, 4) is 10.6 Å². The van der Waals surface area contributed by atoms with Gasteiger partial charge in [-0.3, -0.25) is 5.32 Å². The Kier molecular flexibility index (Phi) is 4.70. The highest BCUT2D eigenvalue weighted by Crippen LogP contribution is 2.28. The molecule has 1 aliphatic heterocycles. The van der Waals surface area contributed by atoms with Crippen molar-refractivity contribution in [3.05, 3.63) is 16.8 Å². The molecule has 0 radical (unpaired) electrons. The fourth-order valence-electron chi connectivity index (χ4n) is 2.53. The summed E-state index contributed by atoms with van der Waals surface area (Å²) in [5.41, 5.74) is 1.03. The number of thiophene rings is 1. The molecule has 1 unspecified atom stereocenters. The molecule has 118 valence electrons. The second-order valence-corrected chi connectivity index (χ2v) is 7.18. The third-order valence-corrected chi connectivity index (χ3v) is 5.49. The number of aliphatic hydroxyl groups is 1. The van der Waals surface area contributed by atoms with Gasteiger partial charge in [0.05, 0.1) is 6.10 Å². The zero-order valence-corrected chi connectivity index (χ0v) is 13.9. The van der Waals surface area contributed by atoms with Crippen LogP contribution in [0.3, 0.4) is 0 Å². The maximum Gasteiger partial charge on any atom is 0.323 e. The molecule has 8 heteroatoms. The topological polar surface area (TPSA) is 78.4 Å². The molecule has 22 heavy (non-hydrogen) atoms. The zero-order chi connectivity index (χ0) is 15.5. The standard InChI is InChI=1S/C14H18N4O2S2/c1-9(19)10-2-5-18(6-3-10)14(20)15-13-17-16-12(22-13)11-4-7-21-8-11/h4,7-10,19H,2-3,5-6H2,1H3,(H,15,17,20). The summed E-state index contributed by atoms with van der Waals surface area (Å²) < 4.78 is 0. The van der Waals surface area contributed by atoms with E-state index in [4.69, 9.17) is 0 Å². The van der Waals surface area contributed by atoms with Gasteiger partial charge in [0.15, 0.2) is 0 Å². The molecule has 2 aromatic heterocycles. The van der Waals surface area contributed by atoms with E-state index in [-0.39, 0.29) is 18.1 Å². The minimum Gasteiger partial charge on any atom is -0.393 e. The van der Waals surface area contributed by atoms with Gasteiger partial charge < -0.3 is 10.0 Å². The van der Waals surface area contributed by atoms with Gasteiger partial charge >= 0.3 is 6.03 Å². The van der Waals surface area contributed by atoms with E-state index < -0.39 is 0 Å². The number of anilines is 1. The Morgan fingerprint density at radius 1 is 1.45 bits per heavy atom. The summed E-state index contributed by atoms with van der Waals surface area (Å²) in [7, 11) is 0. The van der Waals surface area contributed by atoms with Gasteiger partial charge in [-0.15, -0.1) is 10.2 Å². The van der Waals surface area contributed by atoms with Crippen molar-refractivity contribution in [2.24, 2.45) is 5.92 Å². The summed E-state index contributed by atoms with van der Waals surface area (Å²) in [5, 5.41) is 25.9. The van der Waals surface area contributed by atoms with E-state index in [1.165, 1.54) is 11.3 Å². The molecule has 0 aliphatic carbocycles. The van der Waals surface area contributed by atoms with Gasteiger partial charge in [-0.05, 0) is 37.1 Å². The van der Waals surface area contributed by atoms with Crippen molar-refractivity contribution in [1.29, 1.82) is 0 Å². The number of aromatic nitrogens is 2. The third-order valence-electron chi connectivity index (χ3n) is 3.92. The SMILES string of the molecule is CC(O)C1CCN(C(=O)Nc2nnc(-c3ccsc3)s2)CC1. The molecule has 6 nitrogen and oxygen atoms in total. The van der Waals surface area contributed by atoms with Crippen LogP contribution >= 0.6 is 22.7 Å². The first-order valence-corrected chi connectivity index (χ1v) is 8.99. The molecule has 1 fully saturated rings. The number of piperidine rings is 1. The highest BCUT2D eigenvalue weighted by atomic mass is 32.1. The number of nitrogens with one attached hydrogen (secondary N) is 1. The first-order chi connectivity index (χ1) is 10.6. The van der Waals surface area contributed by atoms with Crippen LogP contribution < -0.4 is 5.32 Å². The van der Waals surface area contributed by atoms with Crippen molar-refractivity contribution in [2.75, 3.05) is 18.4 Å². The lowest BCUT2D eigenvalue weighted by Crippen LogP contribution is -2.42. The van der Waals surface area contributed by atoms with Gasteiger partial charge in [0.25, 0.3) is 0 Å². The molecule has 1 atom stereocenters. The number of carbonyl (C=O) groups is 1. The second kappa shape index (κ2) is 6.72. The molecule has 3 rings (SSSR count). The van der Waals surface area contributed by atoms with E-state index in [0.29, 0.717) is 18.2 Å². The van der Waals surface area contributed by atoms with Crippen LogP contribution in [0.25, 0.3) is 10.6 Å². The minimum atomic E-state index is -0.304. The van der Waals surface area contributed by atoms with Crippen LogP contribution in [0.15, 0.2) is 16.8 Å². The molecule has 0 aromatic carbocycles. The summed E-state index contributed by atoms with van der Waals surface area (Å²) in [4.78, 5) is 14.0. The lowest BCUT2D eigenvalue weighted by molar-refractivity contribution is 0.0820. The first-order valence-electron chi connectivity index (χ1n) is 7.23. The normalized spacial score (nSPS) is 17.5. The molecule has 2 amide bonds. The number of hydrogen-bond donors (Lipinski definition) is 2. The van der Waals surface area contributed by atoms with Crippen LogP contribution in [-0.2, 0) is 0 Å². The van der Waals surface area contributed by atoms with E-state index in [2.05, 4.69) is 15.5 Å². The van der Waals surface area contributed by atoms with E-state index in [9.17, 15) is 9.90 Å². The summed E-state index contributed by atoms with van der Waals surface area (Å²) >= 11 is 2.98. The molecule has 1 aliphatic rings. The molecule has 2 N–H and O–H groups in total. The highest BCUT2D eigenvalue weighted by molar-refractivity contribution is 7.19. The van der Waals surface area contributed by atoms with Gasteiger partial charge in [-0.25, -0.2) is 4.79 Å². The molecule has 0 saturated carbocycles. The zero-order valence-electron chi connectivity index (χ0n) is 12.2. The van der Waals surface area contributed by atoms with E-state index >= 15 is 0 Å². The second-order valence-electron chi connectivity index (χ2n) is 5.42. The quantitative estimate of drug-likeness (QED) is 0.902. The number of carbonyl (C=O) groups excluding carboxylic acids is 1. The Bertz CT molecular complexity index is 619. The fraction of sp³-hybridized carbons (Fsp3) is 0.500. The predicted octanol–water partition coefficient (Wildman–Crippen LogP) is 2.89. The fourth-order valence-corrected chi connectivity index (χ4v) is 3.98. The van der Waals surface area contributed by atoms with Crippen LogP contribution in [0.2, 0.25) is 0 Å². The van der Waals surface area contributed by atoms with Gasteiger partial charge in [0, 0.05) is 24.0 Å². The van der Waals surface area contributed by atoms with Crippen LogP contribution in [0.1, 0.15) is 19.8 Å². The van der Waals surface area contributed by atoms with Gasteiger partial charge in [0.1, 0.15) is 5.01 Å². The Balaban J connectivity index is 1.56. The molecule has 3 heterocycles. The Labute approximate surface area is 136 Å². The third kappa shape index (κ3) is 3.45. The average molecular weight is 338 g/mol. The number of hydrogen-bond acceptors (Lipinski definition) is 6. The van der Waals surface area contributed by atoms with Crippen molar-refractivity contribution in [2.45, 2.75) is 25.9 Å². The van der Waals surface area contributed by atoms with Crippen LogP contribution in [-0.4, -0.2) is 45.4 Å². The number of likely N-dealkylation sites (tertiary alicyclic amines) is 1. The summed E-state index contributed by atoms with van der Waals surface area (Å²) in [6, 6.07) is 1.84. The van der Waals surface area contributed by atoms with E-state index in [0.717, 1.165) is 23.4 Å². The minimum absolute atomic E-state index is 0.142. The number of rotatable bonds is 3. The molecule has 0 spiro atoms. The number of nitrogens with zero attached hydrogens (tertiary/aromatic N) is 3. The molecule has 1 saturated heterocycles. The predicted molar refractivity (Wildman–Crippen MR) is 88.2 cm³/mol. The molecular formula is C14H18N4O2S2. The molecule has 0 bridgehead atoms. The van der Waals surface area contributed by atoms with E-state index in [1.54, 1.807) is 16.2 Å². The number of aliphatic hydroxyl groups excluding tert-OH is 1. The van der Waals surface area contributed by atoms with Crippen molar-refractivity contribution >= 4 is 33.8 Å². The van der Waals surface area contributed by atoms with E-state index in [1.807, 2.05) is 23.8 Å². The Hall–Kier alpha value is -1.51. The average Bonchev–Trinajstić information content (AvgIpc) is 3.18. The Morgan fingerprint density at radius 3 is 2.86 bits per heavy atom. The molecular weight excluding hydrogens is 320 g/mol. The van der Waals surface area contributed by atoms with Crippen LogP contribution in [0.5, 0.6) is 0 Å². The largest absolute Gasteiger partial charge is 0.393 e. The maximum atomic E-state index is 12.2. The smallest absolute Gasteiger partial charge is 0.323 e. The Morgan fingerprint density at radius 2 is 2.23 bits per heavy atom. The summed E-state index contributed by atoms with van der Waals surface area (Å²) in [6.45, 7) is 3.14. The number of urea groups is 1. The maximum absolute atomic E-state index is 12.2. The molecule has 2 aromatic rings. The highest BCUT2D eigenvalue weighted by Gasteiger charge is 2.25. The lowest BCUT2D eigenvalue weighted by Gasteiger charge is -2.32. The first kappa shape index (κ1) is 15.4. The van der Waals surface area contributed by atoms with Crippen molar-refractivity contribution in [3.63, 3.8) is 0 Å². The van der Waals surface area contributed by atoms with Crippen molar-refractivity contribution in [1.82, 2.24) is 15.1 Å².